The molecule has 1 N–H and O–H groups in total. The zero-order valence-electron chi connectivity index (χ0n) is 12.3. The Balaban J connectivity index is 1.54. The lowest BCUT2D eigenvalue weighted by molar-refractivity contribution is 0.281. The van der Waals surface area contributed by atoms with Crippen LogP contribution in [0.15, 0.2) is 48.7 Å². The number of hydrogen-bond donors (Lipinski definition) is 1. The maximum Gasteiger partial charge on any atom is 0.128 e. The van der Waals surface area contributed by atoms with E-state index in [1.807, 2.05) is 12.1 Å². The summed E-state index contributed by atoms with van der Waals surface area (Å²) in [6, 6.07) is 14.7. The molecule has 1 saturated heterocycles. The summed E-state index contributed by atoms with van der Waals surface area (Å²) in [4.78, 5) is 6.80. The van der Waals surface area contributed by atoms with Crippen molar-refractivity contribution in [3.05, 3.63) is 59.8 Å². The van der Waals surface area contributed by atoms with Crippen LogP contribution >= 0.6 is 0 Å². The number of aromatic nitrogens is 1. The fourth-order valence-corrected chi connectivity index (χ4v) is 3.01. The van der Waals surface area contributed by atoms with Gasteiger partial charge in [-0.05, 0) is 42.4 Å². The molecule has 0 aliphatic carbocycles. The Morgan fingerprint density at radius 3 is 2.38 bits per heavy atom. The van der Waals surface area contributed by atoms with Gasteiger partial charge >= 0.3 is 0 Å². The van der Waals surface area contributed by atoms with Crippen LogP contribution in [0.1, 0.15) is 24.0 Å². The van der Waals surface area contributed by atoms with Crippen molar-refractivity contribution >= 4 is 5.82 Å². The molecule has 0 spiro atoms. The monoisotopic (exact) mass is 282 g/mol. The van der Waals surface area contributed by atoms with Gasteiger partial charge in [0, 0.05) is 19.3 Å². The Hall–Kier alpha value is -1.87. The lowest BCUT2D eigenvalue weighted by Crippen LogP contribution is -2.34. The topological polar surface area (TPSA) is 36.4 Å². The minimum Gasteiger partial charge on any atom is -0.392 e. The van der Waals surface area contributed by atoms with E-state index in [2.05, 4.69) is 40.2 Å². The van der Waals surface area contributed by atoms with Gasteiger partial charge in [-0.2, -0.15) is 0 Å². The average molecular weight is 282 g/mol. The second-order valence-corrected chi connectivity index (χ2v) is 5.80. The summed E-state index contributed by atoms with van der Waals surface area (Å²) < 4.78 is 0. The molecular weight excluding hydrogens is 260 g/mol. The van der Waals surface area contributed by atoms with E-state index >= 15 is 0 Å². The van der Waals surface area contributed by atoms with Crippen LogP contribution in [0.25, 0.3) is 0 Å². The third-order valence-electron chi connectivity index (χ3n) is 4.30. The molecule has 1 fully saturated rings. The van der Waals surface area contributed by atoms with Crippen molar-refractivity contribution in [2.75, 3.05) is 18.0 Å². The SMILES string of the molecule is OCc1ccc(N2CCC(Cc3ccccc3)CC2)nc1. The summed E-state index contributed by atoms with van der Waals surface area (Å²) in [5.41, 5.74) is 2.32. The zero-order valence-corrected chi connectivity index (χ0v) is 12.3. The number of aliphatic hydroxyl groups excluding tert-OH is 1. The molecule has 21 heavy (non-hydrogen) atoms. The largest absolute Gasteiger partial charge is 0.392 e. The molecule has 1 aromatic heterocycles. The molecular formula is C18H22N2O. The van der Waals surface area contributed by atoms with Crippen LogP contribution in [0, 0.1) is 5.92 Å². The summed E-state index contributed by atoms with van der Waals surface area (Å²) in [6.45, 7) is 2.21. The van der Waals surface area contributed by atoms with Crippen LogP contribution in [0.2, 0.25) is 0 Å². The third kappa shape index (κ3) is 3.61. The molecule has 110 valence electrons. The summed E-state index contributed by atoms with van der Waals surface area (Å²) in [5.74, 6) is 1.81. The highest BCUT2D eigenvalue weighted by Crippen LogP contribution is 2.24. The molecule has 0 radical (unpaired) electrons. The van der Waals surface area contributed by atoms with E-state index in [-0.39, 0.29) is 6.61 Å². The highest BCUT2D eigenvalue weighted by molar-refractivity contribution is 5.39. The van der Waals surface area contributed by atoms with E-state index in [0.29, 0.717) is 0 Å². The van der Waals surface area contributed by atoms with Gasteiger partial charge in [0.05, 0.1) is 6.61 Å². The van der Waals surface area contributed by atoms with E-state index in [0.717, 1.165) is 30.4 Å². The molecule has 0 saturated carbocycles. The number of anilines is 1. The van der Waals surface area contributed by atoms with Crippen molar-refractivity contribution in [3.8, 4) is 0 Å². The van der Waals surface area contributed by atoms with Gasteiger partial charge in [0.2, 0.25) is 0 Å². The molecule has 1 aromatic carbocycles. The third-order valence-corrected chi connectivity index (χ3v) is 4.30. The minimum atomic E-state index is 0.0619. The lowest BCUT2D eigenvalue weighted by Gasteiger charge is -2.33. The highest BCUT2D eigenvalue weighted by Gasteiger charge is 2.20. The van der Waals surface area contributed by atoms with Crippen LogP contribution in [0.4, 0.5) is 5.82 Å². The number of nitrogens with zero attached hydrogens (tertiary/aromatic N) is 2. The second-order valence-electron chi connectivity index (χ2n) is 5.80. The first kappa shape index (κ1) is 14.1. The van der Waals surface area contributed by atoms with Gasteiger partial charge in [-0.15, -0.1) is 0 Å². The molecule has 0 atom stereocenters. The number of hydrogen-bond acceptors (Lipinski definition) is 3. The second kappa shape index (κ2) is 6.72. The minimum absolute atomic E-state index is 0.0619. The molecule has 1 aliphatic rings. The Bertz CT molecular complexity index is 545. The summed E-state index contributed by atoms with van der Waals surface area (Å²) in [6.07, 6.45) is 5.40. The van der Waals surface area contributed by atoms with Gasteiger partial charge in [-0.25, -0.2) is 4.98 Å². The molecule has 3 heteroatoms. The van der Waals surface area contributed by atoms with Gasteiger partial charge < -0.3 is 10.0 Å². The summed E-state index contributed by atoms with van der Waals surface area (Å²) in [7, 11) is 0. The first-order valence-corrected chi connectivity index (χ1v) is 7.70. The number of piperidine rings is 1. The van der Waals surface area contributed by atoms with Crippen molar-refractivity contribution in [2.24, 2.45) is 5.92 Å². The fourth-order valence-electron chi connectivity index (χ4n) is 3.01. The molecule has 0 unspecified atom stereocenters. The summed E-state index contributed by atoms with van der Waals surface area (Å²) >= 11 is 0. The lowest BCUT2D eigenvalue weighted by atomic mass is 9.90. The Labute approximate surface area is 126 Å². The van der Waals surface area contributed by atoms with Gasteiger partial charge in [0.1, 0.15) is 5.82 Å². The Morgan fingerprint density at radius 2 is 1.76 bits per heavy atom. The average Bonchev–Trinajstić information content (AvgIpc) is 2.57. The maximum atomic E-state index is 9.06. The maximum absolute atomic E-state index is 9.06. The van der Waals surface area contributed by atoms with Crippen molar-refractivity contribution in [1.82, 2.24) is 4.98 Å². The quantitative estimate of drug-likeness (QED) is 0.936. The Kier molecular flexibility index (Phi) is 4.51. The number of aliphatic hydroxyl groups is 1. The van der Waals surface area contributed by atoms with Gasteiger partial charge in [0.25, 0.3) is 0 Å². The van der Waals surface area contributed by atoms with E-state index in [1.165, 1.54) is 24.8 Å². The molecule has 3 nitrogen and oxygen atoms in total. The van der Waals surface area contributed by atoms with E-state index < -0.39 is 0 Å². The number of pyridine rings is 1. The van der Waals surface area contributed by atoms with Crippen LogP contribution < -0.4 is 4.90 Å². The van der Waals surface area contributed by atoms with Crippen LogP contribution in [-0.4, -0.2) is 23.2 Å². The standard InChI is InChI=1S/C18H22N2O/c21-14-17-6-7-18(19-13-17)20-10-8-16(9-11-20)12-15-4-2-1-3-5-15/h1-7,13,16,21H,8-12,14H2. The first-order chi connectivity index (χ1) is 10.3. The van der Waals surface area contributed by atoms with E-state index in [9.17, 15) is 0 Å². The van der Waals surface area contributed by atoms with Crippen LogP contribution in [0.5, 0.6) is 0 Å². The van der Waals surface area contributed by atoms with E-state index in [1.54, 1.807) is 6.20 Å². The Morgan fingerprint density at radius 1 is 1.00 bits per heavy atom. The number of benzene rings is 1. The van der Waals surface area contributed by atoms with Crippen LogP contribution in [0.3, 0.4) is 0 Å². The molecule has 1 aliphatic heterocycles. The zero-order chi connectivity index (χ0) is 14.5. The highest BCUT2D eigenvalue weighted by atomic mass is 16.3. The van der Waals surface area contributed by atoms with Gasteiger partial charge in [-0.3, -0.25) is 0 Å². The van der Waals surface area contributed by atoms with Crippen LogP contribution in [-0.2, 0) is 13.0 Å². The molecule has 3 rings (SSSR count). The number of rotatable bonds is 4. The summed E-state index contributed by atoms with van der Waals surface area (Å²) in [5, 5.41) is 9.06. The normalized spacial score (nSPS) is 16.1. The predicted molar refractivity (Wildman–Crippen MR) is 85.2 cm³/mol. The van der Waals surface area contributed by atoms with E-state index in [4.69, 9.17) is 5.11 Å². The smallest absolute Gasteiger partial charge is 0.128 e. The fraction of sp³-hybridized carbons (Fsp3) is 0.389. The molecule has 0 amide bonds. The van der Waals surface area contributed by atoms with Crippen molar-refractivity contribution < 1.29 is 5.11 Å². The van der Waals surface area contributed by atoms with Crippen molar-refractivity contribution in [1.29, 1.82) is 0 Å². The van der Waals surface area contributed by atoms with Crippen molar-refractivity contribution in [3.63, 3.8) is 0 Å². The predicted octanol–water partition coefficient (Wildman–Crippen LogP) is 3.03. The first-order valence-electron chi connectivity index (χ1n) is 7.70. The molecule has 0 bridgehead atoms. The van der Waals surface area contributed by atoms with Crippen molar-refractivity contribution in [2.45, 2.75) is 25.9 Å². The molecule has 2 heterocycles. The molecule has 2 aromatic rings. The van der Waals surface area contributed by atoms with Gasteiger partial charge in [0.15, 0.2) is 0 Å². The van der Waals surface area contributed by atoms with Gasteiger partial charge in [-0.1, -0.05) is 36.4 Å².